The lowest BCUT2D eigenvalue weighted by Gasteiger charge is -2.52. The first kappa shape index (κ1) is 57.0. The van der Waals surface area contributed by atoms with Crippen LogP contribution in [-0.4, -0.2) is 279 Å². The lowest BCUT2D eigenvalue weighted by atomic mass is 9.89. The zero-order valence-corrected chi connectivity index (χ0v) is 36.3. The number of hydrogen-bond donors (Lipinski definition) is 20. The molecule has 0 aliphatic carbocycles. The summed E-state index contributed by atoms with van der Waals surface area (Å²) in [6, 6.07) is -5.71. The molecule has 0 amide bonds. The van der Waals surface area contributed by atoms with Crippen LogP contribution in [0.15, 0.2) is 0 Å². The minimum absolute atomic E-state index is 0.672. The number of aliphatic hydroxyl groups excluding tert-OH is 12. The predicted molar refractivity (Wildman–Crippen MR) is 208 cm³/mol. The predicted octanol–water partition coefficient (Wildman–Crippen LogP) is -12.3. The van der Waals surface area contributed by atoms with Gasteiger partial charge in [0.25, 0.3) is 11.6 Å². The molecule has 0 aromatic heterocycles. The summed E-state index contributed by atoms with van der Waals surface area (Å²) in [5, 5.41) is 147. The van der Waals surface area contributed by atoms with Crippen molar-refractivity contribution in [3.8, 4) is 0 Å². The van der Waals surface area contributed by atoms with Crippen LogP contribution in [-0.2, 0) is 61.3 Å². The Labute approximate surface area is 383 Å². The molecule has 0 bridgehead atoms. The van der Waals surface area contributed by atoms with Crippen molar-refractivity contribution < 1.29 is 143 Å². The van der Waals surface area contributed by atoms with Crippen molar-refractivity contribution >= 4 is 19.8 Å². The number of nitrogens with two attached hydrogens (primary N) is 4. The van der Waals surface area contributed by atoms with Gasteiger partial charge in [-0.05, 0) is 0 Å². The lowest BCUT2D eigenvalue weighted by molar-refractivity contribution is -0.398. The van der Waals surface area contributed by atoms with Crippen molar-refractivity contribution in [2.75, 3.05) is 33.0 Å². The van der Waals surface area contributed by atoms with Gasteiger partial charge in [0.15, 0.2) is 18.9 Å². The average molecular weight is 1020 g/mol. The number of ether oxygens (including phenoxy) is 9. The molecule has 5 aliphatic heterocycles. The lowest BCUT2D eigenvalue weighted by Crippen LogP contribution is -2.70. The number of aliphatic carboxylic acids is 2. The smallest absolute Gasteiger partial charge is 0.470 e. The molecule has 0 unspecified atom stereocenters. The molecule has 5 aliphatic rings. The molecule has 34 heteroatoms. The molecule has 24 N–H and O–H groups in total. The Kier molecular flexibility index (Phi) is 19.1. The molecule has 396 valence electrons. The number of carboxylic acid groups (broad SMARTS) is 2. The maximum absolute atomic E-state index is 13.4. The Hall–Kier alpha value is -1.95. The first-order valence-corrected chi connectivity index (χ1v) is 22.3. The molecule has 0 spiro atoms. The van der Waals surface area contributed by atoms with Crippen molar-refractivity contribution in [2.45, 2.75) is 165 Å². The molecular formula is C34H61N4O29P. The van der Waals surface area contributed by atoms with Crippen LogP contribution in [0.1, 0.15) is 12.8 Å². The Bertz CT molecular complexity index is 1730. The van der Waals surface area contributed by atoms with E-state index in [0.717, 1.165) is 0 Å². The standard InChI is InChI=1S/C34H61N4O29P/c35-15-17(37)28(50)60-13(20(15)46)6-58-29-18(38)16(36)26(67-68(55,56)57)14(62-29)7-59-33(31(51)52)2-11(64-34(32(53)54)1-8(42)19(45)24(65-34)9(43)3-39)27(25(66-33)10(44)4-40)63-30-23(49)22(48)21(47)12(5-41)61-30/h8-30,39-50H,1-7,35-38H2,(H,51,52)(H,53,54)(H2,55,56,57)/t8-,9-,10-,11-,12-,13-,14-,15-,16-,17-,18-,19-,20-,21-,22+,23-,24-,25-,26-,27-,28+,29-,30-,33-,34-/m1/s1. The van der Waals surface area contributed by atoms with Gasteiger partial charge in [-0.15, -0.1) is 0 Å². The van der Waals surface area contributed by atoms with E-state index in [1.807, 2.05) is 0 Å². The topological polar surface area (TPSA) is 571 Å². The number of phosphoric acid groups is 1. The number of carbonyl (C=O) groups is 2. The van der Waals surface area contributed by atoms with E-state index in [9.17, 15) is 95.4 Å². The Morgan fingerprint density at radius 2 is 1.24 bits per heavy atom. The van der Waals surface area contributed by atoms with Crippen LogP contribution in [0.2, 0.25) is 0 Å². The summed E-state index contributed by atoms with van der Waals surface area (Å²) in [5.41, 5.74) is 24.0. The Morgan fingerprint density at radius 3 is 1.81 bits per heavy atom. The third-order valence-electron chi connectivity index (χ3n) is 12.1. The number of aliphatic hydroxyl groups is 12. The highest BCUT2D eigenvalue weighted by molar-refractivity contribution is 7.46. The summed E-state index contributed by atoms with van der Waals surface area (Å²) < 4.78 is 67.8. The van der Waals surface area contributed by atoms with Gasteiger partial charge in [-0.25, -0.2) is 14.2 Å². The van der Waals surface area contributed by atoms with E-state index in [2.05, 4.69) is 0 Å². The van der Waals surface area contributed by atoms with E-state index >= 15 is 0 Å². The maximum atomic E-state index is 13.4. The summed E-state index contributed by atoms with van der Waals surface area (Å²) in [6.45, 7) is -5.48. The summed E-state index contributed by atoms with van der Waals surface area (Å²) >= 11 is 0. The Balaban J connectivity index is 1.55. The molecule has 5 saturated heterocycles. The van der Waals surface area contributed by atoms with Gasteiger partial charge < -0.3 is 147 Å². The maximum Gasteiger partial charge on any atom is 0.470 e. The molecule has 0 aromatic rings. The van der Waals surface area contributed by atoms with Crippen LogP contribution in [0.25, 0.3) is 0 Å². The van der Waals surface area contributed by atoms with E-state index in [4.69, 9.17) is 70.1 Å². The fraction of sp³-hybridized carbons (Fsp3) is 0.941. The van der Waals surface area contributed by atoms with Crippen molar-refractivity contribution in [3.05, 3.63) is 0 Å². The van der Waals surface area contributed by atoms with Gasteiger partial charge in [0, 0.05) is 12.8 Å². The second-order valence-corrected chi connectivity index (χ2v) is 18.0. The monoisotopic (exact) mass is 1020 g/mol. The van der Waals surface area contributed by atoms with Gasteiger partial charge in [-0.2, -0.15) is 0 Å². The SMILES string of the molecule is N[C@@H]1[C@@H](N)[C@@H](O)O[C@H](CO[C@@H]2O[C@H](CO[C@]3(C(=O)O)C[C@@H](O[C@]4(C(=O)O)C[C@@H](O)[C@@H](O)[C@@H]([C@H](O)CO)O4)[C@@H](O[C@H]4O[C@H](CO)[C@@H](O)[C@H](O)[C@H]4O)[C@@H]([C@H](O)CO)O3)[C@@H](OP(=O)(O)O)[C@H](N)[C@H]2N)[C@H]1O. The zero-order valence-electron chi connectivity index (χ0n) is 35.4. The summed E-state index contributed by atoms with van der Waals surface area (Å²) in [7, 11) is -5.54. The van der Waals surface area contributed by atoms with Gasteiger partial charge in [0.2, 0.25) is 0 Å². The van der Waals surface area contributed by atoms with Crippen molar-refractivity contribution in [1.82, 2.24) is 0 Å². The number of carboxylic acids is 2. The third-order valence-corrected chi connectivity index (χ3v) is 12.6. The quantitative estimate of drug-likeness (QED) is 0.0534. The van der Waals surface area contributed by atoms with Crippen LogP contribution >= 0.6 is 7.82 Å². The van der Waals surface area contributed by atoms with Crippen LogP contribution in [0.5, 0.6) is 0 Å². The highest BCUT2D eigenvalue weighted by Gasteiger charge is 2.63. The van der Waals surface area contributed by atoms with Gasteiger partial charge in [0.05, 0.1) is 75.5 Å². The summed E-state index contributed by atoms with van der Waals surface area (Å²) in [5.74, 6) is -10.9. The first-order valence-electron chi connectivity index (χ1n) is 20.7. The first-order chi connectivity index (χ1) is 31.7. The van der Waals surface area contributed by atoms with Crippen LogP contribution in [0.3, 0.4) is 0 Å². The molecule has 5 heterocycles. The van der Waals surface area contributed by atoms with Crippen LogP contribution < -0.4 is 22.9 Å². The number of phosphoric ester groups is 1. The zero-order chi connectivity index (χ0) is 51.0. The number of rotatable bonds is 19. The van der Waals surface area contributed by atoms with Gasteiger partial charge in [-0.3, -0.25) is 4.52 Å². The van der Waals surface area contributed by atoms with E-state index in [1.165, 1.54) is 0 Å². The summed E-state index contributed by atoms with van der Waals surface area (Å²) in [4.78, 5) is 46.1. The molecule has 33 nitrogen and oxygen atoms in total. The fourth-order valence-electron chi connectivity index (χ4n) is 8.23. The fourth-order valence-corrected chi connectivity index (χ4v) is 8.82. The van der Waals surface area contributed by atoms with Crippen molar-refractivity contribution in [1.29, 1.82) is 0 Å². The molecule has 0 aromatic carbocycles. The largest absolute Gasteiger partial charge is 0.477 e. The molecule has 25 atom stereocenters. The number of hydrogen-bond acceptors (Lipinski definition) is 29. The molecule has 5 rings (SSSR count). The minimum atomic E-state index is -5.54. The molecule has 68 heavy (non-hydrogen) atoms. The van der Waals surface area contributed by atoms with Crippen LogP contribution in [0.4, 0.5) is 0 Å². The van der Waals surface area contributed by atoms with Gasteiger partial charge >= 0.3 is 19.8 Å². The van der Waals surface area contributed by atoms with E-state index in [1.54, 1.807) is 0 Å². The highest BCUT2D eigenvalue weighted by atomic mass is 31.2. The second kappa shape index (κ2) is 22.9. The van der Waals surface area contributed by atoms with E-state index < -0.39 is 218 Å². The van der Waals surface area contributed by atoms with E-state index in [0.29, 0.717) is 0 Å². The normalized spacial score (nSPS) is 47.0. The highest BCUT2D eigenvalue weighted by Crippen LogP contribution is 2.44. The molecular weight excluding hydrogens is 959 g/mol. The third kappa shape index (κ3) is 12.1. The van der Waals surface area contributed by atoms with E-state index in [-0.39, 0.29) is 0 Å². The minimum Gasteiger partial charge on any atom is -0.477 e. The molecule has 5 fully saturated rings. The van der Waals surface area contributed by atoms with Gasteiger partial charge in [-0.1, -0.05) is 0 Å². The average Bonchev–Trinajstić information content (AvgIpc) is 3.28. The van der Waals surface area contributed by atoms with Crippen molar-refractivity contribution in [3.63, 3.8) is 0 Å². The Morgan fingerprint density at radius 1 is 0.647 bits per heavy atom. The molecule has 0 saturated carbocycles. The summed E-state index contributed by atoms with van der Waals surface area (Å²) in [6.07, 6.45) is -41.1. The van der Waals surface area contributed by atoms with Crippen LogP contribution in [0, 0.1) is 0 Å². The van der Waals surface area contributed by atoms with Crippen molar-refractivity contribution in [2.24, 2.45) is 22.9 Å². The second-order valence-electron chi connectivity index (χ2n) is 16.8. The molecule has 0 radical (unpaired) electrons. The van der Waals surface area contributed by atoms with Gasteiger partial charge in [0.1, 0.15) is 79.4 Å².